The molecule has 1 nitrogen and oxygen atoms in total. The smallest absolute Gasteiger partial charge is 0.126 e. The molecule has 0 heterocycles. The van der Waals surface area contributed by atoms with Crippen LogP contribution in [0.4, 0.5) is 8.78 Å². The Morgan fingerprint density at radius 1 is 1.15 bits per heavy atom. The average molecular weight is 183 g/mol. The second-order valence-electron chi connectivity index (χ2n) is 3.64. The van der Waals surface area contributed by atoms with Crippen molar-refractivity contribution in [3.05, 3.63) is 35.4 Å². The molecule has 1 aromatic carbocycles. The van der Waals surface area contributed by atoms with Gasteiger partial charge in [0.25, 0.3) is 0 Å². The normalized spacial score (nSPS) is 18.7. The van der Waals surface area contributed by atoms with E-state index in [-0.39, 0.29) is 5.41 Å². The van der Waals surface area contributed by atoms with E-state index in [1.165, 1.54) is 12.1 Å². The number of hydrogen-bond donors (Lipinski definition) is 1. The molecule has 1 saturated carbocycles. The van der Waals surface area contributed by atoms with Gasteiger partial charge in [-0.15, -0.1) is 0 Å². The van der Waals surface area contributed by atoms with Crippen molar-refractivity contribution in [2.45, 2.75) is 18.3 Å². The molecule has 2 N–H and O–H groups in total. The van der Waals surface area contributed by atoms with Crippen molar-refractivity contribution in [2.75, 3.05) is 6.54 Å². The largest absolute Gasteiger partial charge is 0.330 e. The second kappa shape index (κ2) is 2.77. The van der Waals surface area contributed by atoms with E-state index < -0.39 is 11.6 Å². The molecule has 0 amide bonds. The van der Waals surface area contributed by atoms with Crippen LogP contribution in [0.5, 0.6) is 0 Å². The molecule has 1 aromatic rings. The van der Waals surface area contributed by atoms with Crippen LogP contribution >= 0.6 is 0 Å². The molecule has 3 heteroatoms. The zero-order valence-electron chi connectivity index (χ0n) is 7.19. The Morgan fingerprint density at radius 3 is 2.08 bits per heavy atom. The third kappa shape index (κ3) is 1.44. The summed E-state index contributed by atoms with van der Waals surface area (Å²) >= 11 is 0. The Labute approximate surface area is 75.6 Å². The minimum absolute atomic E-state index is 0.136. The molecule has 0 unspecified atom stereocenters. The van der Waals surface area contributed by atoms with E-state index >= 15 is 0 Å². The fourth-order valence-corrected chi connectivity index (χ4v) is 1.62. The van der Waals surface area contributed by atoms with E-state index in [2.05, 4.69) is 0 Å². The average Bonchev–Trinajstić information content (AvgIpc) is 2.82. The van der Waals surface area contributed by atoms with E-state index in [0.29, 0.717) is 12.1 Å². The van der Waals surface area contributed by atoms with E-state index in [9.17, 15) is 8.78 Å². The molecule has 13 heavy (non-hydrogen) atoms. The van der Waals surface area contributed by atoms with Crippen molar-refractivity contribution < 1.29 is 8.78 Å². The van der Waals surface area contributed by atoms with Crippen molar-refractivity contribution in [3.63, 3.8) is 0 Å². The lowest BCUT2D eigenvalue weighted by Gasteiger charge is -2.12. The molecule has 0 aromatic heterocycles. The van der Waals surface area contributed by atoms with Gasteiger partial charge in [0, 0.05) is 18.0 Å². The summed E-state index contributed by atoms with van der Waals surface area (Å²) in [6.07, 6.45) is 1.87. The summed E-state index contributed by atoms with van der Waals surface area (Å²) in [7, 11) is 0. The predicted molar refractivity (Wildman–Crippen MR) is 46.3 cm³/mol. The van der Waals surface area contributed by atoms with Crippen LogP contribution in [0.25, 0.3) is 0 Å². The molecule has 70 valence electrons. The van der Waals surface area contributed by atoms with Gasteiger partial charge in [0.15, 0.2) is 0 Å². The van der Waals surface area contributed by atoms with Crippen LogP contribution in [0.3, 0.4) is 0 Å². The van der Waals surface area contributed by atoms with E-state index in [0.717, 1.165) is 18.9 Å². The third-order valence-corrected chi connectivity index (χ3v) is 2.72. The molecular formula is C10H11F2N. The second-order valence-corrected chi connectivity index (χ2v) is 3.64. The van der Waals surface area contributed by atoms with E-state index in [4.69, 9.17) is 5.73 Å². The van der Waals surface area contributed by atoms with Gasteiger partial charge >= 0.3 is 0 Å². The lowest BCUT2D eigenvalue weighted by Crippen LogP contribution is -2.19. The summed E-state index contributed by atoms with van der Waals surface area (Å²) in [5, 5.41) is 0. The SMILES string of the molecule is NCC1(c2cc(F)cc(F)c2)CC1. The molecule has 0 radical (unpaired) electrons. The maximum atomic E-state index is 12.8. The van der Waals surface area contributed by atoms with Gasteiger partial charge in [0.05, 0.1) is 0 Å². The quantitative estimate of drug-likeness (QED) is 0.745. The summed E-state index contributed by atoms with van der Waals surface area (Å²) in [6, 6.07) is 3.64. The van der Waals surface area contributed by atoms with Crippen molar-refractivity contribution in [3.8, 4) is 0 Å². The fourth-order valence-electron chi connectivity index (χ4n) is 1.62. The number of hydrogen-bond acceptors (Lipinski definition) is 1. The molecule has 0 atom stereocenters. The van der Waals surface area contributed by atoms with Crippen LogP contribution in [-0.2, 0) is 5.41 Å². The zero-order valence-corrected chi connectivity index (χ0v) is 7.19. The van der Waals surface area contributed by atoms with Gasteiger partial charge in [-0.2, -0.15) is 0 Å². The Bertz CT molecular complexity index is 311. The highest BCUT2D eigenvalue weighted by Gasteiger charge is 2.43. The summed E-state index contributed by atoms with van der Waals surface area (Å²) in [5.74, 6) is -1.04. The van der Waals surface area contributed by atoms with Crippen LogP contribution in [0, 0.1) is 11.6 Å². The highest BCUT2D eigenvalue weighted by molar-refractivity contribution is 5.32. The molecule has 1 aliphatic carbocycles. The first-order valence-electron chi connectivity index (χ1n) is 4.33. The Balaban J connectivity index is 2.40. The lowest BCUT2D eigenvalue weighted by molar-refractivity contribution is 0.570. The van der Waals surface area contributed by atoms with Crippen molar-refractivity contribution >= 4 is 0 Å². The molecule has 2 rings (SSSR count). The molecule has 0 saturated heterocycles. The monoisotopic (exact) mass is 183 g/mol. The highest BCUT2D eigenvalue weighted by Crippen LogP contribution is 2.47. The van der Waals surface area contributed by atoms with Crippen molar-refractivity contribution in [1.82, 2.24) is 0 Å². The molecular weight excluding hydrogens is 172 g/mol. The van der Waals surface area contributed by atoms with Crippen LogP contribution in [0.2, 0.25) is 0 Å². The topological polar surface area (TPSA) is 26.0 Å². The van der Waals surface area contributed by atoms with Crippen molar-refractivity contribution in [2.24, 2.45) is 5.73 Å². The first kappa shape index (κ1) is 8.63. The van der Waals surface area contributed by atoms with Gasteiger partial charge in [0.1, 0.15) is 11.6 Å². The lowest BCUT2D eigenvalue weighted by atomic mass is 9.96. The van der Waals surface area contributed by atoms with Crippen LogP contribution < -0.4 is 5.73 Å². The minimum atomic E-state index is -0.519. The van der Waals surface area contributed by atoms with Crippen LogP contribution in [-0.4, -0.2) is 6.54 Å². The predicted octanol–water partition coefficient (Wildman–Crippen LogP) is 1.96. The van der Waals surface area contributed by atoms with Crippen molar-refractivity contribution in [1.29, 1.82) is 0 Å². The zero-order chi connectivity index (χ0) is 9.47. The fraction of sp³-hybridized carbons (Fsp3) is 0.400. The maximum Gasteiger partial charge on any atom is 0.126 e. The third-order valence-electron chi connectivity index (χ3n) is 2.72. The summed E-state index contributed by atoms with van der Waals surface area (Å²) < 4.78 is 25.7. The van der Waals surface area contributed by atoms with Gasteiger partial charge < -0.3 is 5.73 Å². The Hall–Kier alpha value is -0.960. The first-order valence-corrected chi connectivity index (χ1v) is 4.33. The standard InChI is InChI=1S/C10H11F2N/c11-8-3-7(4-9(12)5-8)10(6-13)1-2-10/h3-5H,1-2,6,13H2. The van der Waals surface area contributed by atoms with Gasteiger partial charge in [-0.05, 0) is 30.5 Å². The molecule has 1 aliphatic rings. The van der Waals surface area contributed by atoms with Crippen LogP contribution in [0.1, 0.15) is 18.4 Å². The Morgan fingerprint density at radius 2 is 1.69 bits per heavy atom. The van der Waals surface area contributed by atoms with Gasteiger partial charge in [-0.25, -0.2) is 8.78 Å². The highest BCUT2D eigenvalue weighted by atomic mass is 19.1. The number of benzene rings is 1. The Kier molecular flexibility index (Phi) is 1.84. The van der Waals surface area contributed by atoms with Gasteiger partial charge in [-0.3, -0.25) is 0 Å². The van der Waals surface area contributed by atoms with Gasteiger partial charge in [0.2, 0.25) is 0 Å². The minimum Gasteiger partial charge on any atom is -0.330 e. The molecule has 0 bridgehead atoms. The maximum absolute atomic E-state index is 12.8. The number of rotatable bonds is 2. The van der Waals surface area contributed by atoms with E-state index in [1.807, 2.05) is 0 Å². The summed E-state index contributed by atoms with van der Waals surface area (Å²) in [5.41, 5.74) is 6.12. The first-order chi connectivity index (χ1) is 6.16. The molecule has 0 spiro atoms. The van der Waals surface area contributed by atoms with Crippen LogP contribution in [0.15, 0.2) is 18.2 Å². The summed E-state index contributed by atoms with van der Waals surface area (Å²) in [4.78, 5) is 0. The van der Waals surface area contributed by atoms with E-state index in [1.54, 1.807) is 0 Å². The number of halogens is 2. The van der Waals surface area contributed by atoms with Gasteiger partial charge in [-0.1, -0.05) is 0 Å². The summed E-state index contributed by atoms with van der Waals surface area (Å²) in [6.45, 7) is 0.468. The molecule has 1 fully saturated rings. The molecule has 0 aliphatic heterocycles. The number of nitrogens with two attached hydrogens (primary N) is 1.